The molecule has 0 heterocycles. The molecular weight excluding hydrogens is 236 g/mol. The fraction of sp³-hybridized carbons (Fsp3) is 0.933. The van der Waals surface area contributed by atoms with Gasteiger partial charge in [-0.3, -0.25) is 0 Å². The van der Waals surface area contributed by atoms with E-state index in [4.69, 9.17) is 0 Å². The van der Waals surface area contributed by atoms with Gasteiger partial charge in [0.25, 0.3) is 0 Å². The number of hydrogen-bond acceptors (Lipinski definition) is 4. The van der Waals surface area contributed by atoms with Crippen LogP contribution < -0.4 is 5.32 Å². The molecule has 0 aromatic carbocycles. The van der Waals surface area contributed by atoms with E-state index in [0.717, 1.165) is 13.0 Å². The number of nitrogens with zero attached hydrogens (tertiary/aromatic N) is 3. The van der Waals surface area contributed by atoms with Crippen LogP contribution in [0.15, 0.2) is 0 Å². The van der Waals surface area contributed by atoms with Crippen LogP contribution in [0.1, 0.15) is 39.5 Å². The fourth-order valence-corrected chi connectivity index (χ4v) is 2.90. The summed E-state index contributed by atoms with van der Waals surface area (Å²) in [6, 6.07) is 2.78. The molecule has 0 radical (unpaired) electrons. The zero-order valence-electron chi connectivity index (χ0n) is 13.5. The number of rotatable bonds is 7. The summed E-state index contributed by atoms with van der Waals surface area (Å²) in [4.78, 5) is 4.79. The van der Waals surface area contributed by atoms with Crippen molar-refractivity contribution in [1.82, 2.24) is 15.1 Å². The molecule has 0 bridgehead atoms. The summed E-state index contributed by atoms with van der Waals surface area (Å²) < 4.78 is 0. The van der Waals surface area contributed by atoms with Crippen LogP contribution in [0.5, 0.6) is 0 Å². The van der Waals surface area contributed by atoms with Crippen LogP contribution in [-0.4, -0.2) is 61.7 Å². The molecule has 2 atom stereocenters. The van der Waals surface area contributed by atoms with Crippen molar-refractivity contribution in [2.75, 3.05) is 34.7 Å². The van der Waals surface area contributed by atoms with Crippen LogP contribution in [0.25, 0.3) is 0 Å². The first-order valence-electron chi connectivity index (χ1n) is 7.26. The third-order valence-electron chi connectivity index (χ3n) is 5.03. The minimum atomic E-state index is -0.432. The Hall–Kier alpha value is -0.630. The predicted molar refractivity (Wildman–Crippen MR) is 80.1 cm³/mol. The molecule has 19 heavy (non-hydrogen) atoms. The highest BCUT2D eigenvalue weighted by Crippen LogP contribution is 2.37. The first-order chi connectivity index (χ1) is 8.78. The molecule has 1 aliphatic carbocycles. The molecule has 4 heteroatoms. The van der Waals surface area contributed by atoms with Gasteiger partial charge in [-0.1, -0.05) is 0 Å². The lowest BCUT2D eigenvalue weighted by Crippen LogP contribution is -2.58. The molecule has 1 aliphatic rings. The number of likely N-dealkylation sites (N-methyl/N-ethyl adjacent to an activating group) is 2. The van der Waals surface area contributed by atoms with E-state index < -0.39 is 5.54 Å². The standard InChI is InChI=1S/C15H30N4/c1-13(10-14(2,11-16)17-3)19(6)12-15(18(4)5)8-7-9-15/h13,17H,7-10,12H2,1-6H3. The normalized spacial score (nSPS) is 22.7. The monoisotopic (exact) mass is 266 g/mol. The second-order valence-electron chi connectivity index (χ2n) is 6.63. The van der Waals surface area contributed by atoms with Gasteiger partial charge in [0.2, 0.25) is 0 Å². The zero-order chi connectivity index (χ0) is 14.7. The fourth-order valence-electron chi connectivity index (χ4n) is 2.90. The lowest BCUT2D eigenvalue weighted by Gasteiger charge is -2.50. The molecule has 1 rings (SSSR count). The van der Waals surface area contributed by atoms with Crippen molar-refractivity contribution < 1.29 is 0 Å². The predicted octanol–water partition coefficient (Wildman–Crippen LogP) is 1.68. The highest BCUT2D eigenvalue weighted by molar-refractivity contribution is 5.05. The summed E-state index contributed by atoms with van der Waals surface area (Å²) in [5.41, 5.74) is -0.0791. The molecule has 0 spiro atoms. The first-order valence-corrected chi connectivity index (χ1v) is 7.26. The van der Waals surface area contributed by atoms with Crippen molar-refractivity contribution in [3.63, 3.8) is 0 Å². The lowest BCUT2D eigenvalue weighted by atomic mass is 9.75. The molecular formula is C15H30N4. The van der Waals surface area contributed by atoms with Gasteiger partial charge in [0, 0.05) is 18.1 Å². The van der Waals surface area contributed by atoms with Gasteiger partial charge in [0.05, 0.1) is 6.07 Å². The van der Waals surface area contributed by atoms with Crippen molar-refractivity contribution in [2.45, 2.75) is 56.7 Å². The molecule has 2 unspecified atom stereocenters. The molecule has 0 aliphatic heterocycles. The number of hydrogen-bond donors (Lipinski definition) is 1. The molecule has 110 valence electrons. The van der Waals surface area contributed by atoms with Crippen LogP contribution >= 0.6 is 0 Å². The minimum absolute atomic E-state index is 0.353. The highest BCUT2D eigenvalue weighted by atomic mass is 15.2. The molecule has 0 aromatic heterocycles. The first kappa shape index (κ1) is 16.4. The van der Waals surface area contributed by atoms with Crippen LogP contribution in [-0.2, 0) is 0 Å². The average molecular weight is 266 g/mol. The second kappa shape index (κ2) is 6.21. The van der Waals surface area contributed by atoms with Gasteiger partial charge >= 0.3 is 0 Å². The minimum Gasteiger partial charge on any atom is -0.303 e. The van der Waals surface area contributed by atoms with E-state index in [2.05, 4.69) is 49.3 Å². The quantitative estimate of drug-likeness (QED) is 0.761. The zero-order valence-corrected chi connectivity index (χ0v) is 13.5. The van der Waals surface area contributed by atoms with Gasteiger partial charge in [-0.2, -0.15) is 5.26 Å². The van der Waals surface area contributed by atoms with Crippen molar-refractivity contribution >= 4 is 0 Å². The summed E-state index contributed by atoms with van der Waals surface area (Å²) in [6.07, 6.45) is 4.77. The molecule has 1 fully saturated rings. The Balaban J connectivity index is 2.58. The summed E-state index contributed by atoms with van der Waals surface area (Å²) in [6.45, 7) is 5.28. The van der Waals surface area contributed by atoms with Crippen LogP contribution in [0, 0.1) is 11.3 Å². The molecule has 4 nitrogen and oxygen atoms in total. The van der Waals surface area contributed by atoms with Gasteiger partial charge in [0.15, 0.2) is 0 Å². The van der Waals surface area contributed by atoms with E-state index in [1.54, 1.807) is 0 Å². The Morgan fingerprint density at radius 3 is 2.26 bits per heavy atom. The van der Waals surface area contributed by atoms with Crippen molar-refractivity contribution in [2.24, 2.45) is 0 Å². The highest BCUT2D eigenvalue weighted by Gasteiger charge is 2.40. The summed E-state index contributed by atoms with van der Waals surface area (Å²) >= 11 is 0. The third-order valence-corrected chi connectivity index (χ3v) is 5.03. The summed E-state index contributed by atoms with van der Waals surface area (Å²) in [5, 5.41) is 12.4. The third kappa shape index (κ3) is 3.68. The molecule has 1 N–H and O–H groups in total. The Morgan fingerprint density at radius 2 is 1.95 bits per heavy atom. The maximum absolute atomic E-state index is 9.25. The van der Waals surface area contributed by atoms with Gasteiger partial charge in [-0.25, -0.2) is 0 Å². The van der Waals surface area contributed by atoms with Crippen molar-refractivity contribution in [1.29, 1.82) is 5.26 Å². The molecule has 0 aromatic rings. The Bertz CT molecular complexity index is 330. The van der Waals surface area contributed by atoms with E-state index in [-0.39, 0.29) is 0 Å². The van der Waals surface area contributed by atoms with E-state index in [0.29, 0.717) is 11.6 Å². The maximum atomic E-state index is 9.25. The topological polar surface area (TPSA) is 42.3 Å². The van der Waals surface area contributed by atoms with Crippen LogP contribution in [0.2, 0.25) is 0 Å². The van der Waals surface area contributed by atoms with Crippen molar-refractivity contribution in [3.05, 3.63) is 0 Å². The van der Waals surface area contributed by atoms with E-state index in [1.807, 2.05) is 14.0 Å². The summed E-state index contributed by atoms with van der Waals surface area (Å²) in [7, 11) is 8.42. The number of nitrogens with one attached hydrogen (secondary N) is 1. The smallest absolute Gasteiger partial charge is 0.105 e. The van der Waals surface area contributed by atoms with Gasteiger partial charge in [0.1, 0.15) is 5.54 Å². The van der Waals surface area contributed by atoms with E-state index in [9.17, 15) is 5.26 Å². The molecule has 0 amide bonds. The molecule has 0 saturated heterocycles. The van der Waals surface area contributed by atoms with Crippen LogP contribution in [0.4, 0.5) is 0 Å². The Morgan fingerprint density at radius 1 is 1.37 bits per heavy atom. The molecule has 1 saturated carbocycles. The van der Waals surface area contributed by atoms with E-state index >= 15 is 0 Å². The van der Waals surface area contributed by atoms with Gasteiger partial charge in [-0.15, -0.1) is 0 Å². The lowest BCUT2D eigenvalue weighted by molar-refractivity contribution is 0.0153. The van der Waals surface area contributed by atoms with E-state index in [1.165, 1.54) is 19.3 Å². The van der Waals surface area contributed by atoms with Crippen molar-refractivity contribution in [3.8, 4) is 6.07 Å². The number of nitriles is 1. The SMILES string of the molecule is CNC(C)(C#N)CC(C)N(C)CC1(N(C)C)CCC1. The van der Waals surface area contributed by atoms with Gasteiger partial charge in [-0.05, 0) is 67.7 Å². The van der Waals surface area contributed by atoms with Crippen LogP contribution in [0.3, 0.4) is 0 Å². The second-order valence-corrected chi connectivity index (χ2v) is 6.63. The average Bonchev–Trinajstić information content (AvgIpc) is 2.32. The largest absolute Gasteiger partial charge is 0.303 e. The Labute approximate surface area is 118 Å². The van der Waals surface area contributed by atoms with Gasteiger partial charge < -0.3 is 15.1 Å². The summed E-state index contributed by atoms with van der Waals surface area (Å²) in [5.74, 6) is 0. The maximum Gasteiger partial charge on any atom is 0.105 e. The Kier molecular flexibility index (Phi) is 5.37.